The van der Waals surface area contributed by atoms with Gasteiger partial charge in [-0.15, -0.1) is 5.10 Å². The summed E-state index contributed by atoms with van der Waals surface area (Å²) in [5.41, 5.74) is 3.60. The number of thioether (sulfide) groups is 1. The summed E-state index contributed by atoms with van der Waals surface area (Å²) in [7, 11) is 0. The molecule has 6 nitrogen and oxygen atoms in total. The average molecular weight is 380 g/mol. The van der Waals surface area contributed by atoms with Gasteiger partial charge in [0.2, 0.25) is 11.1 Å². The fourth-order valence-corrected chi connectivity index (χ4v) is 3.69. The van der Waals surface area contributed by atoms with Crippen molar-refractivity contribution >= 4 is 23.3 Å². The smallest absolute Gasteiger partial charge is 0.225 e. The number of nitrogens with one attached hydrogen (secondary N) is 1. The van der Waals surface area contributed by atoms with Crippen LogP contribution in [0.15, 0.2) is 65.5 Å². The van der Waals surface area contributed by atoms with E-state index in [4.69, 9.17) is 0 Å². The second-order valence-corrected chi connectivity index (χ2v) is 7.18. The minimum Gasteiger partial charge on any atom is -0.507 e. The topological polar surface area (TPSA) is 85.3 Å². The molecule has 7 heteroatoms. The summed E-state index contributed by atoms with van der Waals surface area (Å²) in [4.78, 5) is 6.10. The fraction of sp³-hybridized carbons (Fsp3) is 0.200. The highest BCUT2D eigenvalue weighted by Crippen LogP contribution is 2.46. The second-order valence-electron chi connectivity index (χ2n) is 6.40. The molecule has 27 heavy (non-hydrogen) atoms. The highest BCUT2D eigenvalue weighted by Gasteiger charge is 2.43. The number of rotatable bonds is 4. The van der Waals surface area contributed by atoms with Crippen LogP contribution in [0, 0.1) is 6.92 Å². The third-order valence-corrected chi connectivity index (χ3v) is 5.24. The lowest BCUT2D eigenvalue weighted by molar-refractivity contribution is 0.156. The Morgan fingerprint density at radius 1 is 1.07 bits per heavy atom. The van der Waals surface area contributed by atoms with Gasteiger partial charge < -0.3 is 10.2 Å². The van der Waals surface area contributed by atoms with Gasteiger partial charge in [-0.05, 0) is 24.3 Å². The highest BCUT2D eigenvalue weighted by atomic mass is 32.2. The maximum atomic E-state index is 10.8. The molecule has 1 aromatic heterocycles. The van der Waals surface area contributed by atoms with Crippen molar-refractivity contribution in [1.82, 2.24) is 15.2 Å². The van der Waals surface area contributed by atoms with Gasteiger partial charge in [-0.3, -0.25) is 4.90 Å². The van der Waals surface area contributed by atoms with Gasteiger partial charge in [0.15, 0.2) is 6.23 Å². The van der Waals surface area contributed by atoms with Crippen molar-refractivity contribution in [3.05, 3.63) is 77.0 Å². The Kier molecular flexibility index (Phi) is 4.63. The molecular weight excluding hydrogens is 360 g/mol. The normalized spacial score (nSPS) is 19.7. The number of hydrogen-bond donors (Lipinski definition) is 3. The maximum absolute atomic E-state index is 10.8. The number of hydrogen-bond acceptors (Lipinski definition) is 6. The monoisotopic (exact) mass is 380 g/mol. The molecule has 0 radical (unpaired) electrons. The zero-order valence-corrected chi connectivity index (χ0v) is 15.8. The zero-order chi connectivity index (χ0) is 19.0. The summed E-state index contributed by atoms with van der Waals surface area (Å²) in [6.45, 7) is 2.03. The molecule has 0 bridgehead atoms. The summed E-state index contributed by atoms with van der Waals surface area (Å²) >= 11 is 1.41. The van der Waals surface area contributed by atoms with E-state index in [9.17, 15) is 10.2 Å². The van der Waals surface area contributed by atoms with Crippen molar-refractivity contribution < 1.29 is 10.2 Å². The van der Waals surface area contributed by atoms with Crippen molar-refractivity contribution in [1.29, 1.82) is 0 Å². The lowest BCUT2D eigenvalue weighted by Gasteiger charge is -2.28. The molecule has 2 atom stereocenters. The van der Waals surface area contributed by atoms with Gasteiger partial charge >= 0.3 is 0 Å². The number of aromatic amines is 1. The fourth-order valence-electron chi connectivity index (χ4n) is 3.37. The Labute approximate surface area is 161 Å². The van der Waals surface area contributed by atoms with Crippen molar-refractivity contribution in [2.24, 2.45) is 0 Å². The second kappa shape index (κ2) is 7.09. The Morgan fingerprint density at radius 2 is 1.78 bits per heavy atom. The minimum atomic E-state index is -1.21. The number of H-pyrrole nitrogens is 1. The van der Waals surface area contributed by atoms with Crippen molar-refractivity contribution in [3.63, 3.8) is 0 Å². The van der Waals surface area contributed by atoms with E-state index in [1.165, 1.54) is 11.8 Å². The van der Waals surface area contributed by atoms with Crippen LogP contribution in [-0.4, -0.2) is 37.9 Å². The van der Waals surface area contributed by atoms with Crippen LogP contribution in [-0.2, 0) is 0 Å². The Morgan fingerprint density at radius 3 is 2.41 bits per heavy atom. The molecule has 2 heterocycles. The molecule has 1 aliphatic rings. The number of aromatic nitrogens is 3. The van der Waals surface area contributed by atoms with E-state index >= 15 is 0 Å². The van der Waals surface area contributed by atoms with Gasteiger partial charge in [-0.1, -0.05) is 71.9 Å². The lowest BCUT2D eigenvalue weighted by atomic mass is 9.93. The first-order chi connectivity index (χ1) is 13.1. The van der Waals surface area contributed by atoms with Gasteiger partial charge in [0.05, 0.1) is 6.04 Å². The number of benzene rings is 2. The standard InChI is InChI=1S/C20H20N4O2S/c1-12-8-10-14(11-9-12)16-15(13-6-4-3-5-7-13)17(25)18(26)24(16)19-21-20(27-2)23-22-19/h3-11,16,18,25-26H,1-2H3,(H,21,22,23)/t16-,18+/m0/s1. The molecule has 2 aromatic carbocycles. The van der Waals surface area contributed by atoms with Gasteiger partial charge in [0, 0.05) is 5.57 Å². The van der Waals surface area contributed by atoms with Crippen molar-refractivity contribution in [2.75, 3.05) is 11.2 Å². The third-order valence-electron chi connectivity index (χ3n) is 4.69. The Bertz CT molecular complexity index is 969. The van der Waals surface area contributed by atoms with E-state index in [-0.39, 0.29) is 5.76 Å². The molecular formula is C20H20N4O2S. The molecule has 3 aromatic rings. The summed E-state index contributed by atoms with van der Waals surface area (Å²) in [6.07, 6.45) is 0.671. The first kappa shape index (κ1) is 17.6. The molecule has 0 fully saturated rings. The Balaban J connectivity index is 1.87. The predicted octanol–water partition coefficient (Wildman–Crippen LogP) is 3.68. The van der Waals surface area contributed by atoms with E-state index in [1.54, 1.807) is 4.90 Å². The van der Waals surface area contributed by atoms with Crippen LogP contribution < -0.4 is 4.90 Å². The number of aliphatic hydroxyl groups excluding tert-OH is 2. The van der Waals surface area contributed by atoms with Gasteiger partial charge in [0.25, 0.3) is 0 Å². The maximum Gasteiger partial charge on any atom is 0.225 e. The summed E-state index contributed by atoms with van der Waals surface area (Å²) in [6, 6.07) is 17.3. The predicted molar refractivity (Wildman–Crippen MR) is 107 cm³/mol. The molecule has 0 amide bonds. The highest BCUT2D eigenvalue weighted by molar-refractivity contribution is 7.98. The SMILES string of the molecule is CSc1n[nH]c(N2[C@H](O)C(O)=C(c3ccccc3)[C@@H]2c2ccc(C)cc2)n1. The lowest BCUT2D eigenvalue weighted by Crippen LogP contribution is -2.35. The molecule has 138 valence electrons. The van der Waals surface area contributed by atoms with E-state index in [2.05, 4.69) is 15.2 Å². The van der Waals surface area contributed by atoms with Crippen LogP contribution in [0.1, 0.15) is 22.7 Å². The van der Waals surface area contributed by atoms with Gasteiger partial charge in [0.1, 0.15) is 5.76 Å². The summed E-state index contributed by atoms with van der Waals surface area (Å²) in [5.74, 6) is 0.337. The van der Waals surface area contributed by atoms with Crippen LogP contribution >= 0.6 is 11.8 Å². The van der Waals surface area contributed by atoms with Crippen LogP contribution in [0.5, 0.6) is 0 Å². The molecule has 0 spiro atoms. The summed E-state index contributed by atoms with van der Waals surface area (Å²) in [5, 5.41) is 29.3. The molecule has 0 unspecified atom stereocenters. The van der Waals surface area contributed by atoms with Crippen LogP contribution in [0.2, 0.25) is 0 Å². The largest absolute Gasteiger partial charge is 0.507 e. The van der Waals surface area contributed by atoms with E-state index in [0.29, 0.717) is 16.7 Å². The average Bonchev–Trinajstić information content (AvgIpc) is 3.26. The Hall–Kier alpha value is -2.77. The molecule has 1 aliphatic heterocycles. The first-order valence-electron chi connectivity index (χ1n) is 8.58. The molecule has 4 rings (SSSR count). The first-order valence-corrected chi connectivity index (χ1v) is 9.80. The van der Waals surface area contributed by atoms with Gasteiger partial charge in [-0.2, -0.15) is 4.98 Å². The molecule has 0 aliphatic carbocycles. The van der Waals surface area contributed by atoms with Crippen molar-refractivity contribution in [3.8, 4) is 0 Å². The number of aryl methyl sites for hydroxylation is 1. The van der Waals surface area contributed by atoms with Crippen LogP contribution in [0.25, 0.3) is 5.57 Å². The molecule has 0 saturated heterocycles. The zero-order valence-electron chi connectivity index (χ0n) is 15.0. The van der Waals surface area contributed by atoms with E-state index in [1.807, 2.05) is 67.8 Å². The minimum absolute atomic E-state index is 0.0751. The quantitative estimate of drug-likeness (QED) is 0.599. The van der Waals surface area contributed by atoms with Crippen molar-refractivity contribution in [2.45, 2.75) is 24.3 Å². The van der Waals surface area contributed by atoms with Crippen LogP contribution in [0.3, 0.4) is 0 Å². The van der Waals surface area contributed by atoms with E-state index in [0.717, 1.165) is 16.7 Å². The van der Waals surface area contributed by atoms with E-state index < -0.39 is 12.3 Å². The van der Waals surface area contributed by atoms with Crippen LogP contribution in [0.4, 0.5) is 5.95 Å². The molecule has 0 saturated carbocycles. The third kappa shape index (κ3) is 3.09. The van der Waals surface area contributed by atoms with Gasteiger partial charge in [-0.25, -0.2) is 5.10 Å². The molecule has 3 N–H and O–H groups in total. The number of anilines is 1. The number of nitrogens with zero attached hydrogens (tertiary/aromatic N) is 3. The number of aliphatic hydroxyl groups is 2. The summed E-state index contributed by atoms with van der Waals surface area (Å²) < 4.78 is 0.